The first-order valence-electron chi connectivity index (χ1n) is 8.22. The molecule has 1 heterocycles. The summed E-state index contributed by atoms with van der Waals surface area (Å²) in [4.78, 5) is 0. The van der Waals surface area contributed by atoms with Crippen LogP contribution in [0.2, 0.25) is 0 Å². The van der Waals surface area contributed by atoms with E-state index in [0.717, 1.165) is 26.8 Å². The van der Waals surface area contributed by atoms with Crippen LogP contribution < -0.4 is 0 Å². The van der Waals surface area contributed by atoms with Crippen LogP contribution in [0.3, 0.4) is 0 Å². The van der Waals surface area contributed by atoms with E-state index < -0.39 is 0 Å². The van der Waals surface area contributed by atoms with Crippen LogP contribution in [-0.2, 0) is 18.2 Å². The second-order valence-corrected chi connectivity index (χ2v) is 8.97. The summed E-state index contributed by atoms with van der Waals surface area (Å²) in [5.41, 5.74) is 3.84. The number of thioether (sulfide) groups is 1. The number of rotatable bonds is 4. The van der Waals surface area contributed by atoms with Gasteiger partial charge in [-0.05, 0) is 28.7 Å². The molecule has 0 spiro atoms. The molecule has 3 nitrogen and oxygen atoms in total. The molecule has 0 N–H and O–H groups in total. The highest BCUT2D eigenvalue weighted by molar-refractivity contribution is 9.10. The molecule has 0 unspecified atom stereocenters. The zero-order valence-corrected chi connectivity index (χ0v) is 17.4. The third-order valence-corrected chi connectivity index (χ3v) is 5.69. The van der Waals surface area contributed by atoms with Crippen molar-refractivity contribution in [3.63, 3.8) is 0 Å². The first kappa shape index (κ1) is 18.2. The third-order valence-electron chi connectivity index (χ3n) is 4.10. The van der Waals surface area contributed by atoms with E-state index in [1.165, 1.54) is 11.1 Å². The zero-order chi connectivity index (χ0) is 18.0. The van der Waals surface area contributed by atoms with E-state index in [9.17, 15) is 0 Å². The molecule has 3 rings (SSSR count). The van der Waals surface area contributed by atoms with Crippen LogP contribution in [0.25, 0.3) is 11.4 Å². The molecule has 5 heteroatoms. The maximum Gasteiger partial charge on any atom is 0.191 e. The lowest BCUT2D eigenvalue weighted by atomic mass is 9.87. The summed E-state index contributed by atoms with van der Waals surface area (Å²) in [6, 6.07) is 17.0. The molecular weight excluding hydrogens is 394 g/mol. The Morgan fingerprint density at radius 2 is 1.76 bits per heavy atom. The van der Waals surface area contributed by atoms with Gasteiger partial charge in [-0.1, -0.05) is 84.9 Å². The quantitative estimate of drug-likeness (QED) is 0.501. The normalized spacial score (nSPS) is 11.7. The minimum atomic E-state index is 0.156. The molecule has 25 heavy (non-hydrogen) atoms. The van der Waals surface area contributed by atoms with Gasteiger partial charge < -0.3 is 4.57 Å². The van der Waals surface area contributed by atoms with Crippen LogP contribution in [0.1, 0.15) is 31.9 Å². The minimum Gasteiger partial charge on any atom is -0.305 e. The maximum absolute atomic E-state index is 4.39. The highest BCUT2D eigenvalue weighted by atomic mass is 79.9. The molecule has 0 aliphatic heterocycles. The largest absolute Gasteiger partial charge is 0.305 e. The van der Waals surface area contributed by atoms with Crippen molar-refractivity contribution in [1.82, 2.24) is 14.8 Å². The van der Waals surface area contributed by atoms with Crippen LogP contribution in [0.5, 0.6) is 0 Å². The van der Waals surface area contributed by atoms with E-state index in [0.29, 0.717) is 0 Å². The number of nitrogens with zero attached hydrogens (tertiary/aromatic N) is 3. The van der Waals surface area contributed by atoms with Crippen molar-refractivity contribution < 1.29 is 0 Å². The van der Waals surface area contributed by atoms with Crippen LogP contribution in [0, 0.1) is 0 Å². The molecule has 3 aromatic rings. The van der Waals surface area contributed by atoms with Crippen molar-refractivity contribution >= 4 is 27.7 Å². The van der Waals surface area contributed by atoms with E-state index in [1.807, 2.05) is 13.1 Å². The van der Waals surface area contributed by atoms with Gasteiger partial charge in [0.2, 0.25) is 0 Å². The Morgan fingerprint density at radius 3 is 2.40 bits per heavy atom. The van der Waals surface area contributed by atoms with Crippen molar-refractivity contribution in [2.75, 3.05) is 0 Å². The van der Waals surface area contributed by atoms with Gasteiger partial charge >= 0.3 is 0 Å². The van der Waals surface area contributed by atoms with Crippen LogP contribution in [0.15, 0.2) is 58.2 Å². The maximum atomic E-state index is 4.39. The minimum absolute atomic E-state index is 0.156. The van der Waals surface area contributed by atoms with Crippen LogP contribution >= 0.6 is 27.7 Å². The summed E-state index contributed by atoms with van der Waals surface area (Å²) in [5.74, 6) is 1.77. The molecule has 0 bridgehead atoms. The van der Waals surface area contributed by atoms with Crippen LogP contribution in [-0.4, -0.2) is 14.8 Å². The predicted octanol–water partition coefficient (Wildman–Crippen LogP) is 5.83. The second-order valence-electron chi connectivity index (χ2n) is 7.11. The van der Waals surface area contributed by atoms with Crippen molar-refractivity contribution in [3.05, 3.63) is 64.1 Å². The molecular formula is C20H22BrN3S. The topological polar surface area (TPSA) is 30.7 Å². The molecule has 0 aliphatic carbocycles. The molecule has 0 aliphatic rings. The lowest BCUT2D eigenvalue weighted by Crippen LogP contribution is -2.10. The Bertz CT molecular complexity index is 863. The van der Waals surface area contributed by atoms with Gasteiger partial charge in [0, 0.05) is 22.8 Å². The number of benzene rings is 2. The lowest BCUT2D eigenvalue weighted by Gasteiger charge is -2.19. The average Bonchev–Trinajstić information content (AvgIpc) is 2.93. The molecule has 0 saturated heterocycles. The van der Waals surface area contributed by atoms with Gasteiger partial charge in [0.05, 0.1) is 0 Å². The third kappa shape index (κ3) is 4.33. The summed E-state index contributed by atoms with van der Waals surface area (Å²) in [6.45, 7) is 6.67. The predicted molar refractivity (Wildman–Crippen MR) is 109 cm³/mol. The summed E-state index contributed by atoms with van der Waals surface area (Å²) in [5, 5.41) is 9.68. The Hall–Kier alpha value is -1.59. The fourth-order valence-corrected chi connectivity index (χ4v) is 3.89. The molecule has 0 atom stereocenters. The summed E-state index contributed by atoms with van der Waals surface area (Å²) < 4.78 is 3.16. The van der Waals surface area contributed by atoms with Crippen molar-refractivity contribution in [1.29, 1.82) is 0 Å². The van der Waals surface area contributed by atoms with Gasteiger partial charge in [0.15, 0.2) is 11.0 Å². The molecule has 0 amide bonds. The SMILES string of the molecule is Cn1c(SCc2cccc(Br)c2)nnc1-c1ccc(C(C)(C)C)cc1. The van der Waals surface area contributed by atoms with Crippen LogP contribution in [0.4, 0.5) is 0 Å². The van der Waals surface area contributed by atoms with E-state index in [-0.39, 0.29) is 5.41 Å². The number of halogens is 1. The molecule has 0 fully saturated rings. The second kappa shape index (κ2) is 7.34. The Kier molecular flexibility index (Phi) is 5.35. The number of aromatic nitrogens is 3. The summed E-state index contributed by atoms with van der Waals surface area (Å²) >= 11 is 5.21. The van der Waals surface area contributed by atoms with Gasteiger partial charge in [-0.3, -0.25) is 0 Å². The van der Waals surface area contributed by atoms with Gasteiger partial charge in [-0.25, -0.2) is 0 Å². The molecule has 130 valence electrons. The zero-order valence-electron chi connectivity index (χ0n) is 15.0. The first-order chi connectivity index (χ1) is 11.8. The smallest absolute Gasteiger partial charge is 0.191 e. The highest BCUT2D eigenvalue weighted by Gasteiger charge is 2.15. The van der Waals surface area contributed by atoms with Gasteiger partial charge in [-0.15, -0.1) is 10.2 Å². The Balaban J connectivity index is 1.77. The van der Waals surface area contributed by atoms with Crippen molar-refractivity contribution in [2.24, 2.45) is 7.05 Å². The van der Waals surface area contributed by atoms with Crippen molar-refractivity contribution in [2.45, 2.75) is 37.1 Å². The van der Waals surface area contributed by atoms with E-state index in [1.54, 1.807) is 11.8 Å². The first-order valence-corrected chi connectivity index (χ1v) is 10.00. The molecule has 0 radical (unpaired) electrons. The van der Waals surface area contributed by atoms with E-state index >= 15 is 0 Å². The highest BCUT2D eigenvalue weighted by Crippen LogP contribution is 2.28. The van der Waals surface area contributed by atoms with Gasteiger partial charge in [0.1, 0.15) is 0 Å². The Morgan fingerprint density at radius 1 is 1.04 bits per heavy atom. The number of hydrogen-bond acceptors (Lipinski definition) is 3. The summed E-state index contributed by atoms with van der Waals surface area (Å²) in [6.07, 6.45) is 0. The fraction of sp³-hybridized carbons (Fsp3) is 0.300. The fourth-order valence-electron chi connectivity index (χ4n) is 2.59. The molecule has 1 aromatic heterocycles. The lowest BCUT2D eigenvalue weighted by molar-refractivity contribution is 0.590. The standard InChI is InChI=1S/C20H22BrN3S/c1-20(2,3)16-10-8-15(9-11-16)18-22-23-19(24(18)4)25-13-14-6-5-7-17(21)12-14/h5-12H,13H2,1-4H3. The Labute approximate surface area is 162 Å². The molecule has 2 aromatic carbocycles. The van der Waals surface area contributed by atoms with E-state index in [2.05, 4.69) is 93.9 Å². The van der Waals surface area contributed by atoms with Crippen molar-refractivity contribution in [3.8, 4) is 11.4 Å². The van der Waals surface area contributed by atoms with Gasteiger partial charge in [0.25, 0.3) is 0 Å². The van der Waals surface area contributed by atoms with Gasteiger partial charge in [-0.2, -0.15) is 0 Å². The average molecular weight is 416 g/mol. The number of hydrogen-bond donors (Lipinski definition) is 0. The summed E-state index contributed by atoms with van der Waals surface area (Å²) in [7, 11) is 2.02. The monoisotopic (exact) mass is 415 g/mol. The van der Waals surface area contributed by atoms with E-state index in [4.69, 9.17) is 0 Å². The molecule has 0 saturated carbocycles.